The number of aliphatic hydroxyl groups is 1. The van der Waals surface area contributed by atoms with Crippen LogP contribution >= 0.6 is 0 Å². The number of hydrogen-bond acceptors (Lipinski definition) is 6. The lowest BCUT2D eigenvalue weighted by atomic mass is 9.91. The van der Waals surface area contributed by atoms with E-state index in [4.69, 9.17) is 18.9 Å². The fraction of sp³-hybridized carbons (Fsp3) is 0.500. The van der Waals surface area contributed by atoms with Gasteiger partial charge in [-0.25, -0.2) is 0 Å². The molecule has 2 atom stereocenters. The van der Waals surface area contributed by atoms with Crippen molar-refractivity contribution in [2.24, 2.45) is 5.92 Å². The number of methoxy groups -OCH3 is 3. The van der Waals surface area contributed by atoms with Crippen LogP contribution in [0.15, 0.2) is 42.5 Å². The summed E-state index contributed by atoms with van der Waals surface area (Å²) in [5.41, 5.74) is 1.38. The molecule has 0 aromatic heterocycles. The van der Waals surface area contributed by atoms with Gasteiger partial charge in [-0.1, -0.05) is 30.3 Å². The molecule has 0 spiro atoms. The molecule has 164 valence electrons. The van der Waals surface area contributed by atoms with Crippen LogP contribution in [0.5, 0.6) is 23.0 Å². The number of benzene rings is 2. The molecule has 0 radical (unpaired) electrons. The van der Waals surface area contributed by atoms with E-state index < -0.39 is 6.10 Å². The van der Waals surface area contributed by atoms with E-state index in [-0.39, 0.29) is 6.61 Å². The molecule has 3 rings (SSSR count). The van der Waals surface area contributed by atoms with Gasteiger partial charge in [0.05, 0.1) is 21.3 Å². The molecule has 2 aromatic rings. The van der Waals surface area contributed by atoms with Crippen LogP contribution in [0, 0.1) is 5.92 Å². The van der Waals surface area contributed by atoms with Gasteiger partial charge in [-0.15, -0.1) is 0 Å². The monoisotopic (exact) mass is 415 g/mol. The number of rotatable bonds is 10. The van der Waals surface area contributed by atoms with Crippen LogP contribution in [0.25, 0.3) is 0 Å². The van der Waals surface area contributed by atoms with Gasteiger partial charge >= 0.3 is 0 Å². The Balaban J connectivity index is 1.51. The van der Waals surface area contributed by atoms with Crippen molar-refractivity contribution in [3.63, 3.8) is 0 Å². The van der Waals surface area contributed by atoms with Gasteiger partial charge in [0.2, 0.25) is 5.75 Å². The van der Waals surface area contributed by atoms with Crippen LogP contribution in [0.3, 0.4) is 0 Å². The predicted molar refractivity (Wildman–Crippen MR) is 117 cm³/mol. The highest BCUT2D eigenvalue weighted by molar-refractivity contribution is 5.55. The zero-order chi connectivity index (χ0) is 21.3. The van der Waals surface area contributed by atoms with Gasteiger partial charge in [-0.05, 0) is 37.3 Å². The maximum Gasteiger partial charge on any atom is 0.203 e. The largest absolute Gasteiger partial charge is 0.493 e. The molecule has 2 unspecified atom stereocenters. The standard InChI is InChI=1S/C24H33NO5/c1-27-22-13-21(14-23(28-2)24(22)29-3)30-17-20(26)16-25-11-7-10-19(15-25)12-18-8-5-4-6-9-18/h4-6,8-9,13-14,19-20,26H,7,10-12,15-17H2,1-3H3. The average molecular weight is 416 g/mol. The molecule has 1 saturated heterocycles. The highest BCUT2D eigenvalue weighted by Gasteiger charge is 2.22. The second-order valence-electron chi connectivity index (χ2n) is 7.78. The lowest BCUT2D eigenvalue weighted by Gasteiger charge is -2.34. The lowest BCUT2D eigenvalue weighted by Crippen LogP contribution is -2.42. The Kier molecular flexibility index (Phi) is 8.22. The van der Waals surface area contributed by atoms with Gasteiger partial charge in [0.25, 0.3) is 0 Å². The molecule has 1 aliphatic heterocycles. The Morgan fingerprint density at radius 3 is 2.37 bits per heavy atom. The molecule has 0 amide bonds. The molecular weight excluding hydrogens is 382 g/mol. The molecule has 0 saturated carbocycles. The summed E-state index contributed by atoms with van der Waals surface area (Å²) >= 11 is 0. The molecule has 2 aromatic carbocycles. The summed E-state index contributed by atoms with van der Waals surface area (Å²) in [6.45, 7) is 2.84. The zero-order valence-corrected chi connectivity index (χ0v) is 18.2. The van der Waals surface area contributed by atoms with Gasteiger partial charge in [0.1, 0.15) is 18.5 Å². The lowest BCUT2D eigenvalue weighted by molar-refractivity contribution is 0.0517. The molecule has 1 fully saturated rings. The van der Waals surface area contributed by atoms with E-state index >= 15 is 0 Å². The van der Waals surface area contributed by atoms with E-state index in [1.165, 1.54) is 12.0 Å². The number of β-amino-alcohol motifs (C(OH)–C–C–N with tert-alkyl or cyclic N) is 1. The molecule has 0 aliphatic carbocycles. The third-order valence-electron chi connectivity index (χ3n) is 5.52. The van der Waals surface area contributed by atoms with Gasteiger partial charge in [0.15, 0.2) is 11.5 Å². The first-order valence-electron chi connectivity index (χ1n) is 10.5. The van der Waals surface area contributed by atoms with Crippen molar-refractivity contribution < 1.29 is 24.1 Å². The van der Waals surface area contributed by atoms with E-state index in [1.54, 1.807) is 33.5 Å². The number of nitrogens with zero attached hydrogens (tertiary/aromatic N) is 1. The second kappa shape index (κ2) is 11.1. The minimum absolute atomic E-state index is 0.207. The van der Waals surface area contributed by atoms with Crippen molar-refractivity contribution >= 4 is 0 Å². The maximum absolute atomic E-state index is 10.5. The molecular formula is C24H33NO5. The first-order valence-corrected chi connectivity index (χ1v) is 10.5. The van der Waals surface area contributed by atoms with Crippen LogP contribution in [0.4, 0.5) is 0 Å². The first kappa shape index (κ1) is 22.2. The Morgan fingerprint density at radius 1 is 1.03 bits per heavy atom. The minimum atomic E-state index is -0.570. The Bertz CT molecular complexity index is 757. The van der Waals surface area contributed by atoms with E-state index in [0.717, 1.165) is 25.9 Å². The summed E-state index contributed by atoms with van der Waals surface area (Å²) < 4.78 is 21.9. The normalized spacial score (nSPS) is 17.9. The van der Waals surface area contributed by atoms with E-state index in [2.05, 4.69) is 35.2 Å². The van der Waals surface area contributed by atoms with Crippen molar-refractivity contribution in [1.29, 1.82) is 0 Å². The number of ether oxygens (including phenoxy) is 4. The van der Waals surface area contributed by atoms with Crippen LogP contribution in [-0.4, -0.2) is 63.7 Å². The van der Waals surface area contributed by atoms with Crippen molar-refractivity contribution in [2.45, 2.75) is 25.4 Å². The third-order valence-corrected chi connectivity index (χ3v) is 5.52. The molecule has 1 N–H and O–H groups in total. The average Bonchev–Trinajstić information content (AvgIpc) is 2.77. The topological polar surface area (TPSA) is 60.4 Å². The van der Waals surface area contributed by atoms with Crippen LogP contribution in [0.1, 0.15) is 18.4 Å². The summed E-state index contributed by atoms with van der Waals surface area (Å²) in [4.78, 5) is 2.35. The summed E-state index contributed by atoms with van der Waals surface area (Å²) in [6.07, 6.45) is 2.93. The predicted octanol–water partition coefficient (Wildman–Crippen LogP) is 3.41. The van der Waals surface area contributed by atoms with Gasteiger partial charge in [0, 0.05) is 25.2 Å². The van der Waals surface area contributed by atoms with Crippen molar-refractivity contribution in [2.75, 3.05) is 47.6 Å². The summed E-state index contributed by atoms with van der Waals surface area (Å²) in [5, 5.41) is 10.5. The van der Waals surface area contributed by atoms with Crippen LogP contribution < -0.4 is 18.9 Å². The maximum atomic E-state index is 10.5. The SMILES string of the molecule is COc1cc(OCC(O)CN2CCCC(Cc3ccccc3)C2)cc(OC)c1OC. The zero-order valence-electron chi connectivity index (χ0n) is 18.2. The fourth-order valence-corrected chi connectivity index (χ4v) is 4.11. The molecule has 6 nitrogen and oxygen atoms in total. The minimum Gasteiger partial charge on any atom is -0.493 e. The van der Waals surface area contributed by atoms with Crippen molar-refractivity contribution in [1.82, 2.24) is 4.90 Å². The molecule has 1 aliphatic rings. The van der Waals surface area contributed by atoms with Crippen LogP contribution in [0.2, 0.25) is 0 Å². The Labute approximate surface area is 179 Å². The quantitative estimate of drug-likeness (QED) is 0.642. The highest BCUT2D eigenvalue weighted by atomic mass is 16.5. The molecule has 1 heterocycles. The third kappa shape index (κ3) is 6.03. The van der Waals surface area contributed by atoms with Crippen molar-refractivity contribution in [3.05, 3.63) is 48.0 Å². The second-order valence-corrected chi connectivity index (χ2v) is 7.78. The fourth-order valence-electron chi connectivity index (χ4n) is 4.11. The van der Waals surface area contributed by atoms with Gasteiger partial charge in [-0.3, -0.25) is 0 Å². The highest BCUT2D eigenvalue weighted by Crippen LogP contribution is 2.40. The van der Waals surface area contributed by atoms with Gasteiger partial charge < -0.3 is 29.0 Å². The Hall–Kier alpha value is -2.44. The number of hydrogen-bond donors (Lipinski definition) is 1. The van der Waals surface area contributed by atoms with E-state index in [1.807, 2.05) is 0 Å². The number of piperidine rings is 1. The number of aliphatic hydroxyl groups excluding tert-OH is 1. The number of likely N-dealkylation sites (tertiary alicyclic amines) is 1. The van der Waals surface area contributed by atoms with Crippen LogP contribution in [-0.2, 0) is 6.42 Å². The smallest absolute Gasteiger partial charge is 0.203 e. The van der Waals surface area contributed by atoms with Gasteiger partial charge in [-0.2, -0.15) is 0 Å². The molecule has 0 bridgehead atoms. The summed E-state index contributed by atoms with van der Waals surface area (Å²) in [7, 11) is 4.70. The summed E-state index contributed by atoms with van der Waals surface area (Å²) in [6, 6.07) is 14.1. The summed E-state index contributed by atoms with van der Waals surface area (Å²) in [5.74, 6) is 2.78. The van der Waals surface area contributed by atoms with Crippen molar-refractivity contribution in [3.8, 4) is 23.0 Å². The van der Waals surface area contributed by atoms with E-state index in [9.17, 15) is 5.11 Å². The first-order chi connectivity index (χ1) is 14.6. The van der Waals surface area contributed by atoms with E-state index in [0.29, 0.717) is 35.5 Å². The molecule has 6 heteroatoms. The Morgan fingerprint density at radius 2 is 1.73 bits per heavy atom. The molecule has 30 heavy (non-hydrogen) atoms.